The molecule has 0 saturated carbocycles. The smallest absolute Gasteiger partial charge is 0.333 e. The van der Waals surface area contributed by atoms with Crippen molar-refractivity contribution in [1.29, 1.82) is 0 Å². The number of benzene rings is 2. The number of hydrogen-bond acceptors (Lipinski definition) is 7. The molecule has 0 spiro atoms. The van der Waals surface area contributed by atoms with Gasteiger partial charge in [0.05, 0.1) is 18.8 Å². The van der Waals surface area contributed by atoms with Gasteiger partial charge in [0.15, 0.2) is 11.5 Å². The van der Waals surface area contributed by atoms with Crippen molar-refractivity contribution in [2.75, 3.05) is 13.2 Å². The molecule has 0 aromatic heterocycles. The SMILES string of the molecule is CCOC(=O)C1(C(=O)OCC)C2=C(Oc3cccc(Cl)c31)C(=O)c1ccccc1C2=O. The topological polar surface area (TPSA) is 96.0 Å². The van der Waals surface area contributed by atoms with Crippen LogP contribution in [-0.4, -0.2) is 36.7 Å². The minimum Gasteiger partial charge on any atom is -0.465 e. The molecule has 0 radical (unpaired) electrons. The second-order valence-electron chi connectivity index (χ2n) is 6.81. The number of Topliss-reactive ketones (excluding diaryl/α,β-unsaturated/α-hetero) is 2. The van der Waals surface area contributed by atoms with E-state index < -0.39 is 40.3 Å². The maximum Gasteiger partial charge on any atom is 0.333 e. The Labute approximate surface area is 182 Å². The Hall–Kier alpha value is -3.45. The third-order valence-electron chi connectivity index (χ3n) is 5.18. The van der Waals surface area contributed by atoms with Crippen LogP contribution in [-0.2, 0) is 24.5 Å². The fourth-order valence-corrected chi connectivity index (χ4v) is 4.26. The van der Waals surface area contributed by atoms with Crippen LogP contribution in [0.25, 0.3) is 0 Å². The van der Waals surface area contributed by atoms with Crippen molar-refractivity contribution in [3.05, 3.63) is 75.5 Å². The third-order valence-corrected chi connectivity index (χ3v) is 5.49. The molecule has 2 aliphatic rings. The molecule has 0 saturated heterocycles. The zero-order valence-electron chi connectivity index (χ0n) is 16.7. The third kappa shape index (κ3) is 2.80. The summed E-state index contributed by atoms with van der Waals surface area (Å²) >= 11 is 6.42. The number of rotatable bonds is 4. The summed E-state index contributed by atoms with van der Waals surface area (Å²) in [5.41, 5.74) is -2.80. The zero-order chi connectivity index (χ0) is 22.3. The van der Waals surface area contributed by atoms with Crippen LogP contribution < -0.4 is 4.74 Å². The van der Waals surface area contributed by atoms with E-state index in [9.17, 15) is 19.2 Å². The maximum atomic E-state index is 13.6. The van der Waals surface area contributed by atoms with Crippen molar-refractivity contribution < 1.29 is 33.4 Å². The van der Waals surface area contributed by atoms with Crippen LogP contribution in [0.4, 0.5) is 0 Å². The molecule has 8 heteroatoms. The second-order valence-corrected chi connectivity index (χ2v) is 7.22. The number of fused-ring (bicyclic) bond motifs is 2. The molecule has 0 bridgehead atoms. The highest BCUT2D eigenvalue weighted by Gasteiger charge is 2.63. The standard InChI is InChI=1S/C23H17ClO7/c1-3-29-21(27)23(22(28)30-4-2)16-14(24)10-7-11-15(16)31-20-17(23)18(25)12-8-5-6-9-13(12)19(20)26/h5-11H,3-4H2,1-2H3. The molecule has 158 valence electrons. The van der Waals surface area contributed by atoms with Gasteiger partial charge in [0, 0.05) is 21.7 Å². The normalized spacial score (nSPS) is 16.0. The summed E-state index contributed by atoms with van der Waals surface area (Å²) in [5.74, 6) is -3.91. The molecule has 31 heavy (non-hydrogen) atoms. The van der Waals surface area contributed by atoms with Crippen LogP contribution in [0.5, 0.6) is 5.75 Å². The van der Waals surface area contributed by atoms with E-state index in [1.54, 1.807) is 26.0 Å². The number of ketones is 2. The van der Waals surface area contributed by atoms with Gasteiger partial charge >= 0.3 is 11.9 Å². The monoisotopic (exact) mass is 440 g/mol. The summed E-state index contributed by atoms with van der Waals surface area (Å²) < 4.78 is 16.2. The van der Waals surface area contributed by atoms with E-state index in [0.717, 1.165) is 0 Å². The highest BCUT2D eigenvalue weighted by Crippen LogP contribution is 2.51. The van der Waals surface area contributed by atoms with Crippen molar-refractivity contribution >= 4 is 35.1 Å². The molecule has 0 amide bonds. The van der Waals surface area contributed by atoms with E-state index in [4.69, 9.17) is 25.8 Å². The second kappa shape index (κ2) is 7.67. The fourth-order valence-electron chi connectivity index (χ4n) is 3.95. The van der Waals surface area contributed by atoms with Gasteiger partial charge in [-0.2, -0.15) is 0 Å². The molecule has 4 rings (SSSR count). The number of esters is 2. The van der Waals surface area contributed by atoms with Gasteiger partial charge in [-0.25, -0.2) is 0 Å². The lowest BCUT2D eigenvalue weighted by Crippen LogP contribution is -2.54. The summed E-state index contributed by atoms with van der Waals surface area (Å²) in [7, 11) is 0. The van der Waals surface area contributed by atoms with E-state index in [1.165, 1.54) is 30.3 Å². The Balaban J connectivity index is 2.14. The van der Waals surface area contributed by atoms with E-state index in [-0.39, 0.29) is 40.7 Å². The molecule has 0 atom stereocenters. The molecule has 7 nitrogen and oxygen atoms in total. The lowest BCUT2D eigenvalue weighted by atomic mass is 9.66. The summed E-state index contributed by atoms with van der Waals surface area (Å²) in [6.07, 6.45) is 0. The van der Waals surface area contributed by atoms with Crippen LogP contribution in [0.3, 0.4) is 0 Å². The number of ether oxygens (including phenoxy) is 3. The Kier molecular flexibility index (Phi) is 5.15. The van der Waals surface area contributed by atoms with Gasteiger partial charge in [-0.15, -0.1) is 0 Å². The summed E-state index contributed by atoms with van der Waals surface area (Å²) in [6.45, 7) is 2.95. The quantitative estimate of drug-likeness (QED) is 0.530. The summed E-state index contributed by atoms with van der Waals surface area (Å²) in [6, 6.07) is 10.6. The van der Waals surface area contributed by atoms with Crippen molar-refractivity contribution in [2.45, 2.75) is 19.3 Å². The van der Waals surface area contributed by atoms with Crippen molar-refractivity contribution in [3.8, 4) is 5.75 Å². The molecular formula is C23H17ClO7. The van der Waals surface area contributed by atoms with Gasteiger partial charge in [-0.1, -0.05) is 41.9 Å². The predicted molar refractivity (Wildman–Crippen MR) is 109 cm³/mol. The molecule has 1 heterocycles. The molecule has 0 fully saturated rings. The number of carbonyl (C=O) groups is 4. The highest BCUT2D eigenvalue weighted by molar-refractivity contribution is 6.36. The minimum absolute atomic E-state index is 0.00659. The summed E-state index contributed by atoms with van der Waals surface area (Å²) in [4.78, 5) is 53.7. The van der Waals surface area contributed by atoms with Crippen molar-refractivity contribution in [1.82, 2.24) is 0 Å². The van der Waals surface area contributed by atoms with Crippen LogP contribution in [0.2, 0.25) is 5.02 Å². The van der Waals surface area contributed by atoms with E-state index >= 15 is 0 Å². The average Bonchev–Trinajstić information content (AvgIpc) is 2.76. The zero-order valence-corrected chi connectivity index (χ0v) is 17.4. The highest BCUT2D eigenvalue weighted by atomic mass is 35.5. The first-order chi connectivity index (χ1) is 14.9. The molecule has 2 aromatic carbocycles. The van der Waals surface area contributed by atoms with Crippen molar-refractivity contribution in [3.63, 3.8) is 0 Å². The molecular weight excluding hydrogens is 424 g/mol. The van der Waals surface area contributed by atoms with Gasteiger partial charge in [-0.05, 0) is 26.0 Å². The Morgan fingerprint density at radius 3 is 2.06 bits per heavy atom. The first-order valence-electron chi connectivity index (χ1n) is 9.63. The van der Waals surface area contributed by atoms with E-state index in [2.05, 4.69) is 0 Å². The van der Waals surface area contributed by atoms with Gasteiger partial charge in [0.2, 0.25) is 11.2 Å². The molecule has 1 aliphatic heterocycles. The Bertz CT molecular complexity index is 1160. The number of halogens is 1. The van der Waals surface area contributed by atoms with E-state index in [0.29, 0.717) is 0 Å². The van der Waals surface area contributed by atoms with Gasteiger partial charge in [0.1, 0.15) is 5.75 Å². The Morgan fingerprint density at radius 2 is 1.48 bits per heavy atom. The van der Waals surface area contributed by atoms with Crippen LogP contribution >= 0.6 is 11.6 Å². The minimum atomic E-state index is -2.41. The fraction of sp³-hybridized carbons (Fsp3) is 0.217. The predicted octanol–water partition coefficient (Wildman–Crippen LogP) is 3.43. The lowest BCUT2D eigenvalue weighted by molar-refractivity contribution is -0.162. The van der Waals surface area contributed by atoms with E-state index in [1.807, 2.05) is 0 Å². The van der Waals surface area contributed by atoms with Crippen molar-refractivity contribution in [2.24, 2.45) is 0 Å². The molecule has 0 unspecified atom stereocenters. The van der Waals surface area contributed by atoms with Gasteiger partial charge in [0.25, 0.3) is 0 Å². The first-order valence-corrected chi connectivity index (χ1v) is 10.0. The van der Waals surface area contributed by atoms with Gasteiger partial charge in [-0.3, -0.25) is 19.2 Å². The van der Waals surface area contributed by atoms with Crippen LogP contribution in [0.1, 0.15) is 40.1 Å². The maximum absolute atomic E-state index is 13.6. The number of hydrogen-bond donors (Lipinski definition) is 0. The Morgan fingerprint density at radius 1 is 0.903 bits per heavy atom. The first kappa shape index (κ1) is 20.8. The number of allylic oxidation sites excluding steroid dienone is 1. The summed E-state index contributed by atoms with van der Waals surface area (Å²) in [5, 5.41) is -0.00994. The average molecular weight is 441 g/mol. The molecule has 1 aliphatic carbocycles. The lowest BCUT2D eigenvalue weighted by Gasteiger charge is -2.38. The molecule has 2 aromatic rings. The van der Waals surface area contributed by atoms with Crippen LogP contribution in [0.15, 0.2) is 53.8 Å². The molecule has 0 N–H and O–H groups in total. The largest absolute Gasteiger partial charge is 0.465 e. The van der Waals surface area contributed by atoms with Crippen LogP contribution in [0, 0.1) is 0 Å². The number of carbonyl (C=O) groups excluding carboxylic acids is 4. The van der Waals surface area contributed by atoms with Gasteiger partial charge < -0.3 is 14.2 Å².